The van der Waals surface area contributed by atoms with Crippen molar-refractivity contribution >= 4 is 45.0 Å². The van der Waals surface area contributed by atoms with E-state index in [1.54, 1.807) is 42.3 Å². The summed E-state index contributed by atoms with van der Waals surface area (Å²) in [6.07, 6.45) is 2.38. The lowest BCUT2D eigenvalue weighted by atomic mass is 10.2. The molecule has 0 bridgehead atoms. The maximum Gasteiger partial charge on any atom is 0.264 e. The average molecular weight is 523 g/mol. The molecule has 1 N–H and O–H groups in total. The fraction of sp³-hybridized carbons (Fsp3) is 0.292. The fourth-order valence-corrected chi connectivity index (χ4v) is 5.60. The Balaban J connectivity index is 1.70. The summed E-state index contributed by atoms with van der Waals surface area (Å²) in [6, 6.07) is 14.9. The molecule has 0 aliphatic heterocycles. The highest BCUT2D eigenvalue weighted by Gasteiger charge is 2.29. The number of nitrogens with zero attached hydrogens (tertiary/aromatic N) is 1. The Bertz CT molecular complexity index is 1180. The number of carbonyl (C=O) groups excluding carboxylic acids is 1. The van der Waals surface area contributed by atoms with E-state index in [1.807, 2.05) is 19.1 Å². The summed E-state index contributed by atoms with van der Waals surface area (Å²) in [5, 5.41) is 3.13. The molecule has 10 heteroatoms. The highest BCUT2D eigenvalue weighted by Crippen LogP contribution is 2.34. The Morgan fingerprint density at radius 2 is 1.94 bits per heavy atom. The van der Waals surface area contributed by atoms with Crippen LogP contribution in [-0.2, 0) is 20.6 Å². The maximum absolute atomic E-state index is 13.5. The highest BCUT2D eigenvalue weighted by atomic mass is 35.5. The van der Waals surface area contributed by atoms with Crippen molar-refractivity contribution in [1.29, 1.82) is 0 Å². The Morgan fingerprint density at radius 3 is 2.62 bits per heavy atom. The molecule has 7 nitrogen and oxygen atoms in total. The van der Waals surface area contributed by atoms with E-state index in [0.717, 1.165) is 33.6 Å². The number of methoxy groups -OCH3 is 1. The van der Waals surface area contributed by atoms with Crippen LogP contribution in [0, 0.1) is 6.92 Å². The Kier molecular flexibility index (Phi) is 9.32. The zero-order chi connectivity index (χ0) is 24.6. The molecule has 34 heavy (non-hydrogen) atoms. The van der Waals surface area contributed by atoms with E-state index < -0.39 is 22.5 Å². The summed E-state index contributed by atoms with van der Waals surface area (Å²) in [5.74, 6) is 2.37. The molecular formula is C24H27ClN2O5S2. The number of rotatable bonds is 12. The van der Waals surface area contributed by atoms with E-state index in [4.69, 9.17) is 20.8 Å². The molecule has 1 aromatic heterocycles. The number of halogens is 1. The molecule has 0 aliphatic carbocycles. The molecule has 2 aromatic carbocycles. The van der Waals surface area contributed by atoms with Gasteiger partial charge in [-0.3, -0.25) is 9.10 Å². The van der Waals surface area contributed by atoms with Crippen LogP contribution in [0.15, 0.2) is 70.2 Å². The van der Waals surface area contributed by atoms with Gasteiger partial charge in [0, 0.05) is 11.6 Å². The fourth-order valence-electron chi connectivity index (χ4n) is 3.15. The lowest BCUT2D eigenvalue weighted by molar-refractivity contribution is -0.119. The number of thioether (sulfide) groups is 1. The van der Waals surface area contributed by atoms with Gasteiger partial charge in [-0.2, -0.15) is 11.8 Å². The molecule has 0 unspecified atom stereocenters. The average Bonchev–Trinajstić information content (AvgIpc) is 3.33. The molecule has 3 rings (SSSR count). The van der Waals surface area contributed by atoms with Gasteiger partial charge < -0.3 is 14.5 Å². The Morgan fingerprint density at radius 1 is 1.18 bits per heavy atom. The number of hydrogen-bond acceptors (Lipinski definition) is 6. The summed E-state index contributed by atoms with van der Waals surface area (Å²) in [4.78, 5) is 12.8. The van der Waals surface area contributed by atoms with E-state index >= 15 is 0 Å². The molecule has 1 amide bonds. The van der Waals surface area contributed by atoms with Crippen molar-refractivity contribution in [2.24, 2.45) is 0 Å². The molecular weight excluding hydrogens is 496 g/mol. The first-order chi connectivity index (χ1) is 16.3. The molecule has 3 aromatic rings. The van der Waals surface area contributed by atoms with Crippen molar-refractivity contribution in [3.8, 4) is 5.75 Å². The smallest absolute Gasteiger partial charge is 0.264 e. The summed E-state index contributed by atoms with van der Waals surface area (Å²) < 4.78 is 38.7. The van der Waals surface area contributed by atoms with Gasteiger partial charge in [-0.15, -0.1) is 0 Å². The van der Waals surface area contributed by atoms with E-state index in [0.29, 0.717) is 17.3 Å². The topological polar surface area (TPSA) is 88.8 Å². The van der Waals surface area contributed by atoms with Crippen LogP contribution < -0.4 is 14.4 Å². The number of hydrogen-bond donors (Lipinski definition) is 1. The van der Waals surface area contributed by atoms with Gasteiger partial charge in [0.2, 0.25) is 5.91 Å². The van der Waals surface area contributed by atoms with E-state index in [1.165, 1.54) is 25.3 Å². The minimum absolute atomic E-state index is 0.0715. The second-order valence-electron chi connectivity index (χ2n) is 7.48. The van der Waals surface area contributed by atoms with Gasteiger partial charge in [0.15, 0.2) is 0 Å². The van der Waals surface area contributed by atoms with Gasteiger partial charge in [0.05, 0.1) is 29.7 Å². The zero-order valence-electron chi connectivity index (χ0n) is 19.0. The second kappa shape index (κ2) is 12.2. The van der Waals surface area contributed by atoms with Crippen LogP contribution in [0.2, 0.25) is 5.02 Å². The van der Waals surface area contributed by atoms with Gasteiger partial charge in [-0.05, 0) is 61.6 Å². The number of ether oxygens (including phenoxy) is 1. The highest BCUT2D eigenvalue weighted by molar-refractivity contribution is 7.98. The van der Waals surface area contributed by atoms with E-state index in [-0.39, 0.29) is 10.6 Å². The largest absolute Gasteiger partial charge is 0.495 e. The Hall–Kier alpha value is -2.62. The normalized spacial score (nSPS) is 11.3. The van der Waals surface area contributed by atoms with Gasteiger partial charge in [0.25, 0.3) is 10.0 Å². The van der Waals surface area contributed by atoms with Gasteiger partial charge >= 0.3 is 0 Å². The van der Waals surface area contributed by atoms with Crippen molar-refractivity contribution in [3.63, 3.8) is 0 Å². The molecule has 0 spiro atoms. The van der Waals surface area contributed by atoms with Crippen LogP contribution in [0.5, 0.6) is 5.75 Å². The summed E-state index contributed by atoms with van der Waals surface area (Å²) in [5.41, 5.74) is 1.12. The summed E-state index contributed by atoms with van der Waals surface area (Å²) >= 11 is 7.85. The van der Waals surface area contributed by atoms with Crippen LogP contribution >= 0.6 is 23.4 Å². The lowest BCUT2D eigenvalue weighted by Crippen LogP contribution is -2.41. The molecule has 0 saturated carbocycles. The predicted molar refractivity (Wildman–Crippen MR) is 136 cm³/mol. The third kappa shape index (κ3) is 6.94. The first-order valence-electron chi connectivity index (χ1n) is 10.6. The third-order valence-corrected chi connectivity index (χ3v) is 7.99. The van der Waals surface area contributed by atoms with E-state index in [9.17, 15) is 13.2 Å². The molecule has 0 radical (unpaired) electrons. The van der Waals surface area contributed by atoms with Crippen molar-refractivity contribution in [2.75, 3.05) is 30.3 Å². The predicted octanol–water partition coefficient (Wildman–Crippen LogP) is 4.89. The van der Waals surface area contributed by atoms with Gasteiger partial charge in [-0.1, -0.05) is 29.3 Å². The standard InChI is InChI=1S/C24H27ClN2O5S2/c1-18-6-9-21(10-7-18)34(29,30)27(22-15-19(25)8-11-23(22)31-2)16-24(28)26-12-4-14-33-17-20-5-3-13-32-20/h3,5-11,13,15H,4,12,14,16-17H2,1-2H3,(H,26,28). The van der Waals surface area contributed by atoms with Gasteiger partial charge in [-0.25, -0.2) is 8.42 Å². The van der Waals surface area contributed by atoms with E-state index in [2.05, 4.69) is 5.32 Å². The van der Waals surface area contributed by atoms with Crippen molar-refractivity contribution in [2.45, 2.75) is 24.0 Å². The third-order valence-electron chi connectivity index (χ3n) is 4.92. The molecule has 0 aliphatic rings. The quantitative estimate of drug-likeness (QED) is 0.341. The Labute approximate surface area is 209 Å². The number of nitrogens with one attached hydrogen (secondary N) is 1. The van der Waals surface area contributed by atoms with Crippen LogP contribution in [-0.4, -0.2) is 40.3 Å². The second-order valence-corrected chi connectivity index (χ2v) is 10.9. The minimum atomic E-state index is -4.06. The van der Waals surface area contributed by atoms with Crippen LogP contribution in [0.4, 0.5) is 5.69 Å². The number of anilines is 1. The van der Waals surface area contributed by atoms with Gasteiger partial charge in [0.1, 0.15) is 18.1 Å². The number of sulfonamides is 1. The summed E-state index contributed by atoms with van der Waals surface area (Å²) in [6.45, 7) is 1.88. The zero-order valence-corrected chi connectivity index (χ0v) is 21.4. The lowest BCUT2D eigenvalue weighted by Gasteiger charge is -2.26. The molecule has 0 fully saturated rings. The van der Waals surface area contributed by atoms with Crippen molar-refractivity contribution < 1.29 is 22.4 Å². The first-order valence-corrected chi connectivity index (χ1v) is 13.6. The maximum atomic E-state index is 13.5. The van der Waals surface area contributed by atoms with Crippen molar-refractivity contribution in [1.82, 2.24) is 5.32 Å². The molecule has 0 saturated heterocycles. The number of aryl methyl sites for hydroxylation is 1. The molecule has 182 valence electrons. The monoisotopic (exact) mass is 522 g/mol. The van der Waals surface area contributed by atoms with Crippen LogP contribution in [0.1, 0.15) is 17.7 Å². The first kappa shape index (κ1) is 26.0. The number of furan rings is 1. The molecule has 1 heterocycles. The molecule has 0 atom stereocenters. The number of carbonyl (C=O) groups is 1. The number of amides is 1. The van der Waals surface area contributed by atoms with Crippen LogP contribution in [0.25, 0.3) is 0 Å². The summed E-state index contributed by atoms with van der Waals surface area (Å²) in [7, 11) is -2.63. The number of benzene rings is 2. The minimum Gasteiger partial charge on any atom is -0.495 e. The van der Waals surface area contributed by atoms with Crippen molar-refractivity contribution in [3.05, 3.63) is 77.2 Å². The van der Waals surface area contributed by atoms with Crippen LogP contribution in [0.3, 0.4) is 0 Å². The SMILES string of the molecule is COc1ccc(Cl)cc1N(CC(=O)NCCCSCc1ccco1)S(=O)(=O)c1ccc(C)cc1.